The molecule has 4 rings (SSSR count). The van der Waals surface area contributed by atoms with Crippen molar-refractivity contribution >= 4 is 22.3 Å². The maximum absolute atomic E-state index is 12.8. The monoisotopic (exact) mass is 359 g/mol. The Morgan fingerprint density at radius 3 is 2.56 bits per heavy atom. The van der Waals surface area contributed by atoms with E-state index in [9.17, 15) is 9.90 Å². The molecule has 4 aromatic rings. The summed E-state index contributed by atoms with van der Waals surface area (Å²) < 4.78 is 1.37. The minimum Gasteiger partial charge on any atom is -0.508 e. The molecule has 27 heavy (non-hydrogen) atoms. The highest BCUT2D eigenvalue weighted by molar-refractivity contribution is 5.82. The van der Waals surface area contributed by atoms with E-state index in [1.165, 1.54) is 16.8 Å². The zero-order valence-electron chi connectivity index (χ0n) is 14.8. The van der Waals surface area contributed by atoms with Gasteiger partial charge in [-0.1, -0.05) is 18.2 Å². The first-order valence-electron chi connectivity index (χ1n) is 8.42. The zero-order valence-corrected chi connectivity index (χ0v) is 14.8. The number of azo groups is 1. The number of nitrogens with zero attached hydrogens (tertiary/aromatic N) is 4. The number of H-pyrrole nitrogens is 1. The van der Waals surface area contributed by atoms with Crippen LogP contribution in [0, 0.1) is 13.8 Å². The highest BCUT2D eigenvalue weighted by atomic mass is 16.3. The lowest BCUT2D eigenvalue weighted by Gasteiger charge is -2.06. The second-order valence-corrected chi connectivity index (χ2v) is 6.26. The van der Waals surface area contributed by atoms with Gasteiger partial charge in [0.2, 0.25) is 0 Å². The molecule has 0 fully saturated rings. The maximum atomic E-state index is 12.8. The number of hydrogen-bond acceptors (Lipinski definition) is 5. The van der Waals surface area contributed by atoms with Gasteiger partial charge in [-0.2, -0.15) is 9.80 Å². The van der Waals surface area contributed by atoms with Crippen LogP contribution in [-0.4, -0.2) is 19.9 Å². The standard InChI is InChI=1S/C20H17N5O2/c1-12-11-18(21-17-6-4-3-5-16(12)17)25-20(27)19(13(2)24-25)23-22-14-7-9-15(26)10-8-14/h3-11,24,26H,1-2H3. The highest BCUT2D eigenvalue weighted by Gasteiger charge is 2.14. The third-order valence-corrected chi connectivity index (χ3v) is 4.29. The summed E-state index contributed by atoms with van der Waals surface area (Å²) in [5.41, 5.74) is 2.88. The van der Waals surface area contributed by atoms with Crippen molar-refractivity contribution in [1.29, 1.82) is 0 Å². The molecular weight excluding hydrogens is 342 g/mol. The molecule has 0 unspecified atom stereocenters. The number of para-hydroxylation sites is 1. The number of aromatic hydroxyl groups is 1. The van der Waals surface area contributed by atoms with Crippen LogP contribution in [0.2, 0.25) is 0 Å². The van der Waals surface area contributed by atoms with Crippen LogP contribution >= 0.6 is 0 Å². The van der Waals surface area contributed by atoms with E-state index in [0.717, 1.165) is 16.5 Å². The molecule has 0 aliphatic carbocycles. The van der Waals surface area contributed by atoms with Gasteiger partial charge < -0.3 is 5.11 Å². The van der Waals surface area contributed by atoms with Crippen LogP contribution in [0.3, 0.4) is 0 Å². The first-order valence-corrected chi connectivity index (χ1v) is 8.42. The molecule has 0 radical (unpaired) electrons. The zero-order chi connectivity index (χ0) is 19.0. The van der Waals surface area contributed by atoms with Crippen molar-refractivity contribution < 1.29 is 5.11 Å². The van der Waals surface area contributed by atoms with Crippen LogP contribution in [0.1, 0.15) is 11.3 Å². The smallest absolute Gasteiger partial charge is 0.300 e. The summed E-state index contributed by atoms with van der Waals surface area (Å²) in [6.07, 6.45) is 0. The summed E-state index contributed by atoms with van der Waals surface area (Å²) in [7, 11) is 0. The van der Waals surface area contributed by atoms with Gasteiger partial charge in [0.25, 0.3) is 0 Å². The number of fused-ring (bicyclic) bond motifs is 1. The van der Waals surface area contributed by atoms with Gasteiger partial charge in [-0.3, -0.25) is 9.89 Å². The normalized spacial score (nSPS) is 11.5. The molecule has 2 heterocycles. The number of aryl methyl sites for hydroxylation is 2. The number of hydrogen-bond donors (Lipinski definition) is 2. The molecular formula is C20H17N5O2. The van der Waals surface area contributed by atoms with Crippen molar-refractivity contribution in [3.8, 4) is 11.6 Å². The van der Waals surface area contributed by atoms with Crippen LogP contribution < -0.4 is 5.56 Å². The minimum atomic E-state index is -0.322. The molecule has 2 N–H and O–H groups in total. The molecule has 0 atom stereocenters. The van der Waals surface area contributed by atoms with Crippen molar-refractivity contribution in [3.63, 3.8) is 0 Å². The van der Waals surface area contributed by atoms with E-state index in [1.54, 1.807) is 19.1 Å². The quantitative estimate of drug-likeness (QED) is 0.529. The highest BCUT2D eigenvalue weighted by Crippen LogP contribution is 2.22. The first kappa shape index (κ1) is 16.7. The summed E-state index contributed by atoms with van der Waals surface area (Å²) in [5.74, 6) is 0.650. The number of pyridine rings is 1. The van der Waals surface area contributed by atoms with Crippen LogP contribution in [0.4, 0.5) is 11.4 Å². The van der Waals surface area contributed by atoms with Gasteiger partial charge in [-0.15, -0.1) is 5.11 Å². The molecule has 0 spiro atoms. The van der Waals surface area contributed by atoms with E-state index in [-0.39, 0.29) is 17.0 Å². The number of phenolic OH excluding ortho intramolecular Hbond substituents is 1. The Bertz CT molecular complexity index is 1220. The fourth-order valence-electron chi connectivity index (χ4n) is 2.89. The third kappa shape index (κ3) is 3.10. The van der Waals surface area contributed by atoms with Crippen LogP contribution in [-0.2, 0) is 0 Å². The average molecular weight is 359 g/mol. The fraction of sp³-hybridized carbons (Fsp3) is 0.100. The fourth-order valence-corrected chi connectivity index (χ4v) is 2.89. The van der Waals surface area contributed by atoms with Crippen LogP contribution in [0.25, 0.3) is 16.7 Å². The number of nitrogens with one attached hydrogen (secondary N) is 1. The molecule has 134 valence electrons. The SMILES string of the molecule is Cc1[nH]n(-c2cc(C)c3ccccc3n2)c(=O)c1N=Nc1ccc(O)cc1. The largest absolute Gasteiger partial charge is 0.508 e. The predicted molar refractivity (Wildman–Crippen MR) is 103 cm³/mol. The molecule has 7 nitrogen and oxygen atoms in total. The average Bonchev–Trinajstić information content (AvgIpc) is 2.95. The molecule has 2 aromatic carbocycles. The molecule has 2 aromatic heterocycles. The van der Waals surface area contributed by atoms with E-state index in [4.69, 9.17) is 0 Å². The van der Waals surface area contributed by atoms with Crippen molar-refractivity contribution in [2.24, 2.45) is 10.2 Å². The molecule has 7 heteroatoms. The molecule has 0 aliphatic heterocycles. The number of aromatic amines is 1. The Kier molecular flexibility index (Phi) is 4.04. The molecule has 0 saturated carbocycles. The molecule has 0 aliphatic rings. The molecule has 0 saturated heterocycles. The summed E-state index contributed by atoms with van der Waals surface area (Å²) >= 11 is 0. The lowest BCUT2D eigenvalue weighted by Crippen LogP contribution is -2.15. The van der Waals surface area contributed by atoms with Crippen molar-refractivity contribution in [1.82, 2.24) is 14.8 Å². The van der Waals surface area contributed by atoms with Gasteiger partial charge in [0, 0.05) is 5.39 Å². The Morgan fingerprint density at radius 2 is 1.78 bits per heavy atom. The summed E-state index contributed by atoms with van der Waals surface area (Å²) in [5, 5.41) is 21.5. The van der Waals surface area contributed by atoms with Gasteiger partial charge in [-0.25, -0.2) is 4.98 Å². The van der Waals surface area contributed by atoms with E-state index in [1.807, 2.05) is 37.3 Å². The van der Waals surface area contributed by atoms with E-state index >= 15 is 0 Å². The van der Waals surface area contributed by atoms with Gasteiger partial charge in [-0.05, 0) is 55.8 Å². The number of benzene rings is 2. The number of phenols is 1. The van der Waals surface area contributed by atoms with Crippen molar-refractivity contribution in [2.45, 2.75) is 13.8 Å². The van der Waals surface area contributed by atoms with Gasteiger partial charge in [0.15, 0.2) is 11.5 Å². The lowest BCUT2D eigenvalue weighted by molar-refractivity contribution is 0.475. The predicted octanol–water partition coefficient (Wildman–Crippen LogP) is 4.45. The maximum Gasteiger partial charge on any atom is 0.300 e. The lowest BCUT2D eigenvalue weighted by atomic mass is 10.1. The second-order valence-electron chi connectivity index (χ2n) is 6.26. The third-order valence-electron chi connectivity index (χ3n) is 4.29. The second kappa shape index (κ2) is 6.53. The number of rotatable bonds is 3. The number of aromatic nitrogens is 3. The van der Waals surface area contributed by atoms with E-state index in [0.29, 0.717) is 17.2 Å². The van der Waals surface area contributed by atoms with Gasteiger partial charge in [0.05, 0.1) is 16.9 Å². The van der Waals surface area contributed by atoms with Gasteiger partial charge in [0.1, 0.15) is 5.75 Å². The van der Waals surface area contributed by atoms with Crippen molar-refractivity contribution in [3.05, 3.63) is 76.2 Å². The Morgan fingerprint density at radius 1 is 1.04 bits per heavy atom. The van der Waals surface area contributed by atoms with E-state index < -0.39 is 0 Å². The molecule has 0 amide bonds. The topological polar surface area (TPSA) is 95.6 Å². The van der Waals surface area contributed by atoms with Gasteiger partial charge >= 0.3 is 5.56 Å². The molecule has 0 bridgehead atoms. The van der Waals surface area contributed by atoms with Crippen molar-refractivity contribution in [2.75, 3.05) is 0 Å². The summed E-state index contributed by atoms with van der Waals surface area (Å²) in [6.45, 7) is 3.75. The Labute approximate surface area is 154 Å². The Balaban J connectivity index is 1.77. The summed E-state index contributed by atoms with van der Waals surface area (Å²) in [4.78, 5) is 17.4. The van der Waals surface area contributed by atoms with Crippen LogP contribution in [0.5, 0.6) is 5.75 Å². The van der Waals surface area contributed by atoms with E-state index in [2.05, 4.69) is 20.3 Å². The van der Waals surface area contributed by atoms with Crippen LogP contribution in [0.15, 0.2) is 69.6 Å². The minimum absolute atomic E-state index is 0.145. The first-order chi connectivity index (χ1) is 13.0. The Hall–Kier alpha value is -3.74. The summed E-state index contributed by atoms with van der Waals surface area (Å²) in [6, 6.07) is 15.9.